The van der Waals surface area contributed by atoms with E-state index in [2.05, 4.69) is 31.2 Å². The summed E-state index contributed by atoms with van der Waals surface area (Å²) in [6, 6.07) is 9.32. The van der Waals surface area contributed by atoms with Gasteiger partial charge in [-0.25, -0.2) is 0 Å². The number of rotatable bonds is 7. The van der Waals surface area contributed by atoms with Gasteiger partial charge in [-0.15, -0.1) is 0 Å². The van der Waals surface area contributed by atoms with Crippen molar-refractivity contribution in [2.45, 2.75) is 77.2 Å². The molecule has 1 saturated carbocycles. The molecule has 140 valence electrons. The third-order valence-corrected chi connectivity index (χ3v) is 6.57. The van der Waals surface area contributed by atoms with Gasteiger partial charge in [0.05, 0.1) is 19.3 Å². The first-order valence-corrected chi connectivity index (χ1v) is 10.6. The number of ether oxygens (including phenoxy) is 1. The highest BCUT2D eigenvalue weighted by Crippen LogP contribution is 2.38. The van der Waals surface area contributed by atoms with Crippen LogP contribution in [0, 0.1) is 17.8 Å². The molecule has 2 unspecified atom stereocenters. The van der Waals surface area contributed by atoms with Gasteiger partial charge in [-0.2, -0.15) is 0 Å². The Morgan fingerprint density at radius 1 is 0.880 bits per heavy atom. The summed E-state index contributed by atoms with van der Waals surface area (Å²) >= 11 is 0. The monoisotopic (exact) mass is 344 g/mol. The minimum atomic E-state index is 0.108. The second-order valence-corrected chi connectivity index (χ2v) is 8.36. The Balaban J connectivity index is 1.36. The Labute approximate surface area is 154 Å². The minimum absolute atomic E-state index is 0.108. The van der Waals surface area contributed by atoms with Crippen LogP contribution in [0.25, 0.3) is 0 Å². The van der Waals surface area contributed by atoms with E-state index in [1.54, 1.807) is 0 Å². The highest BCUT2D eigenvalue weighted by molar-refractivity contribution is 5.22. The van der Waals surface area contributed by atoms with Gasteiger partial charge in [-0.05, 0) is 73.8 Å². The summed E-state index contributed by atoms with van der Waals surface area (Å²) in [7, 11) is 0. The molecule has 0 amide bonds. The van der Waals surface area contributed by atoms with Gasteiger partial charge >= 0.3 is 0 Å². The smallest absolute Gasteiger partial charge is 0.0806 e. The van der Waals surface area contributed by atoms with Crippen LogP contribution in [0.3, 0.4) is 0 Å². The largest absolute Gasteiger partial charge is 0.394 e. The third kappa shape index (κ3) is 5.56. The molecule has 2 atom stereocenters. The fraction of sp³-hybridized carbons (Fsp3) is 0.739. The first kappa shape index (κ1) is 18.9. The minimum Gasteiger partial charge on any atom is -0.394 e. The molecular weight excluding hydrogens is 308 g/mol. The molecule has 2 nitrogen and oxygen atoms in total. The third-order valence-electron chi connectivity index (χ3n) is 6.57. The first-order chi connectivity index (χ1) is 12.3. The lowest BCUT2D eigenvalue weighted by atomic mass is 9.73. The van der Waals surface area contributed by atoms with E-state index in [0.29, 0.717) is 0 Å². The summed E-state index contributed by atoms with van der Waals surface area (Å²) in [6.45, 7) is 3.32. The molecule has 0 bridgehead atoms. The van der Waals surface area contributed by atoms with E-state index in [1.165, 1.54) is 68.9 Å². The number of aryl methyl sites for hydroxylation is 2. The second-order valence-electron chi connectivity index (χ2n) is 8.36. The Morgan fingerprint density at radius 3 is 2.08 bits per heavy atom. The van der Waals surface area contributed by atoms with Crippen molar-refractivity contribution in [2.75, 3.05) is 13.2 Å². The van der Waals surface area contributed by atoms with Gasteiger partial charge in [0.15, 0.2) is 0 Å². The van der Waals surface area contributed by atoms with Crippen molar-refractivity contribution in [1.29, 1.82) is 0 Å². The molecule has 1 aromatic carbocycles. The zero-order valence-electron chi connectivity index (χ0n) is 16.0. The molecule has 3 rings (SSSR count). The molecule has 0 aromatic heterocycles. The van der Waals surface area contributed by atoms with Gasteiger partial charge in [0.25, 0.3) is 0 Å². The number of hydrogen-bond acceptors (Lipinski definition) is 2. The normalized spacial score (nSPS) is 30.3. The molecular formula is C23H36O2. The van der Waals surface area contributed by atoms with Crippen molar-refractivity contribution in [3.8, 4) is 0 Å². The number of aliphatic hydroxyl groups is 1. The van der Waals surface area contributed by atoms with E-state index < -0.39 is 0 Å². The van der Waals surface area contributed by atoms with Crippen molar-refractivity contribution in [2.24, 2.45) is 17.8 Å². The van der Waals surface area contributed by atoms with Crippen LogP contribution in [0.5, 0.6) is 0 Å². The molecule has 2 heteroatoms. The van der Waals surface area contributed by atoms with Crippen LogP contribution in [-0.4, -0.2) is 24.4 Å². The first-order valence-electron chi connectivity index (χ1n) is 10.6. The van der Waals surface area contributed by atoms with E-state index in [-0.39, 0.29) is 12.7 Å². The maximum Gasteiger partial charge on any atom is 0.0806 e. The van der Waals surface area contributed by atoms with Gasteiger partial charge < -0.3 is 9.84 Å². The molecule has 1 aromatic rings. The molecule has 1 saturated heterocycles. The highest BCUT2D eigenvalue weighted by Gasteiger charge is 2.31. The maximum absolute atomic E-state index is 9.19. The standard InChI is InChI=1S/C23H36O2/c1-2-3-18-4-6-19(7-5-18)8-9-20-10-12-21(13-11-20)22-14-15-23(16-24)25-17-22/h4-7,20-24H,2-3,8-17H2,1H3. The van der Waals surface area contributed by atoms with Gasteiger partial charge in [-0.3, -0.25) is 0 Å². The second kappa shape index (κ2) is 9.73. The Kier molecular flexibility index (Phi) is 7.36. The summed E-state index contributed by atoms with van der Waals surface area (Å²) in [6.07, 6.45) is 13.0. The van der Waals surface area contributed by atoms with Gasteiger partial charge in [0.1, 0.15) is 0 Å². The predicted molar refractivity (Wildman–Crippen MR) is 104 cm³/mol. The van der Waals surface area contributed by atoms with E-state index in [9.17, 15) is 5.11 Å². The number of hydrogen-bond donors (Lipinski definition) is 1. The lowest BCUT2D eigenvalue weighted by molar-refractivity contribution is -0.0603. The molecule has 1 aliphatic heterocycles. The van der Waals surface area contributed by atoms with E-state index in [1.807, 2.05) is 0 Å². The molecule has 25 heavy (non-hydrogen) atoms. The molecule has 1 heterocycles. The summed E-state index contributed by atoms with van der Waals surface area (Å²) in [5.41, 5.74) is 2.99. The van der Waals surface area contributed by atoms with Crippen LogP contribution < -0.4 is 0 Å². The summed E-state index contributed by atoms with van der Waals surface area (Å²) < 4.78 is 5.80. The zero-order chi connectivity index (χ0) is 17.5. The average Bonchev–Trinajstić information content (AvgIpc) is 2.68. The predicted octanol–water partition coefficient (Wildman–Crippen LogP) is 5.17. The number of aliphatic hydroxyl groups excluding tert-OH is 1. The van der Waals surface area contributed by atoms with Crippen molar-refractivity contribution in [1.82, 2.24) is 0 Å². The molecule has 1 N–H and O–H groups in total. The molecule has 2 fully saturated rings. The van der Waals surface area contributed by atoms with E-state index in [4.69, 9.17) is 4.74 Å². The average molecular weight is 345 g/mol. The van der Waals surface area contributed by atoms with Crippen LogP contribution in [0.2, 0.25) is 0 Å². The van der Waals surface area contributed by atoms with Crippen molar-refractivity contribution in [3.63, 3.8) is 0 Å². The highest BCUT2D eigenvalue weighted by atomic mass is 16.5. The van der Waals surface area contributed by atoms with Crippen LogP contribution in [0.15, 0.2) is 24.3 Å². The van der Waals surface area contributed by atoms with E-state index in [0.717, 1.165) is 30.8 Å². The van der Waals surface area contributed by atoms with Crippen molar-refractivity contribution >= 4 is 0 Å². The fourth-order valence-electron chi connectivity index (χ4n) is 4.82. The SMILES string of the molecule is CCCc1ccc(CCC2CCC(C3CCC(CO)OC3)CC2)cc1. The van der Waals surface area contributed by atoms with Gasteiger partial charge in [0.2, 0.25) is 0 Å². The van der Waals surface area contributed by atoms with Crippen LogP contribution in [0.1, 0.15) is 69.4 Å². The van der Waals surface area contributed by atoms with Gasteiger partial charge in [0, 0.05) is 0 Å². The lowest BCUT2D eigenvalue weighted by Gasteiger charge is -2.37. The molecule has 1 aliphatic carbocycles. The fourth-order valence-corrected chi connectivity index (χ4v) is 4.82. The Morgan fingerprint density at radius 2 is 1.52 bits per heavy atom. The van der Waals surface area contributed by atoms with Crippen molar-refractivity contribution < 1.29 is 9.84 Å². The van der Waals surface area contributed by atoms with Crippen molar-refractivity contribution in [3.05, 3.63) is 35.4 Å². The molecule has 0 radical (unpaired) electrons. The summed E-state index contributed by atoms with van der Waals surface area (Å²) in [4.78, 5) is 0. The zero-order valence-corrected chi connectivity index (χ0v) is 16.0. The Bertz CT molecular complexity index is 479. The summed E-state index contributed by atoms with van der Waals surface area (Å²) in [5, 5.41) is 9.19. The lowest BCUT2D eigenvalue weighted by Crippen LogP contribution is -2.33. The van der Waals surface area contributed by atoms with Crippen LogP contribution in [-0.2, 0) is 17.6 Å². The number of benzene rings is 1. The van der Waals surface area contributed by atoms with Crippen LogP contribution >= 0.6 is 0 Å². The maximum atomic E-state index is 9.19. The Hall–Kier alpha value is -0.860. The molecule has 0 spiro atoms. The topological polar surface area (TPSA) is 29.5 Å². The molecule has 2 aliphatic rings. The summed E-state index contributed by atoms with van der Waals surface area (Å²) in [5.74, 6) is 2.53. The van der Waals surface area contributed by atoms with Gasteiger partial charge in [-0.1, -0.05) is 50.5 Å². The van der Waals surface area contributed by atoms with E-state index >= 15 is 0 Å². The van der Waals surface area contributed by atoms with Crippen LogP contribution in [0.4, 0.5) is 0 Å². The quantitative estimate of drug-likeness (QED) is 0.740.